The van der Waals surface area contributed by atoms with Crippen molar-refractivity contribution in [3.05, 3.63) is 0 Å². The molecular formula is C14H26N2O. The van der Waals surface area contributed by atoms with Crippen LogP contribution in [0.5, 0.6) is 0 Å². The fraction of sp³-hybridized carbons (Fsp3) is 0.929. The van der Waals surface area contributed by atoms with Gasteiger partial charge < -0.3 is 11.1 Å². The molecule has 1 amide bonds. The minimum atomic E-state index is 0.233. The second-order valence-electron chi connectivity index (χ2n) is 6.02. The van der Waals surface area contributed by atoms with Crippen molar-refractivity contribution in [3.63, 3.8) is 0 Å². The van der Waals surface area contributed by atoms with Crippen LogP contribution in [0.2, 0.25) is 0 Å². The Hall–Kier alpha value is -0.570. The van der Waals surface area contributed by atoms with Gasteiger partial charge in [0.2, 0.25) is 5.91 Å². The molecule has 2 aliphatic carbocycles. The SMILES string of the molecule is NCC1(CNC(=O)CCC2CCCC2)CCC1. The Bertz CT molecular complexity index is 249. The summed E-state index contributed by atoms with van der Waals surface area (Å²) in [6.45, 7) is 1.52. The van der Waals surface area contributed by atoms with Gasteiger partial charge in [-0.1, -0.05) is 32.1 Å². The molecule has 2 fully saturated rings. The van der Waals surface area contributed by atoms with E-state index in [0.29, 0.717) is 6.42 Å². The Balaban J connectivity index is 1.60. The summed E-state index contributed by atoms with van der Waals surface area (Å²) in [5, 5.41) is 3.08. The van der Waals surface area contributed by atoms with Crippen molar-refractivity contribution < 1.29 is 4.79 Å². The van der Waals surface area contributed by atoms with E-state index in [9.17, 15) is 4.79 Å². The van der Waals surface area contributed by atoms with Gasteiger partial charge in [0, 0.05) is 13.0 Å². The number of nitrogens with one attached hydrogen (secondary N) is 1. The predicted octanol–water partition coefficient (Wildman–Crippen LogP) is 2.20. The zero-order chi connectivity index (χ0) is 12.1. The molecule has 0 aromatic heterocycles. The third-order valence-corrected chi connectivity index (χ3v) is 4.76. The molecule has 3 nitrogen and oxygen atoms in total. The summed E-state index contributed by atoms with van der Waals surface area (Å²) < 4.78 is 0. The van der Waals surface area contributed by atoms with Crippen LogP contribution < -0.4 is 11.1 Å². The maximum Gasteiger partial charge on any atom is 0.220 e. The van der Waals surface area contributed by atoms with E-state index in [2.05, 4.69) is 5.32 Å². The van der Waals surface area contributed by atoms with Crippen LogP contribution in [0, 0.1) is 11.3 Å². The first kappa shape index (κ1) is 12.9. The summed E-state index contributed by atoms with van der Waals surface area (Å²) >= 11 is 0. The highest BCUT2D eigenvalue weighted by Crippen LogP contribution is 2.39. The van der Waals surface area contributed by atoms with Gasteiger partial charge in [-0.05, 0) is 37.1 Å². The highest BCUT2D eigenvalue weighted by molar-refractivity contribution is 5.75. The molecule has 2 rings (SSSR count). The topological polar surface area (TPSA) is 55.1 Å². The minimum Gasteiger partial charge on any atom is -0.355 e. The molecule has 3 N–H and O–H groups in total. The molecule has 2 aliphatic rings. The molecule has 98 valence electrons. The molecule has 0 spiro atoms. The number of rotatable bonds is 6. The minimum absolute atomic E-state index is 0.233. The molecule has 0 heterocycles. The van der Waals surface area contributed by atoms with Crippen LogP contribution in [0.15, 0.2) is 0 Å². The van der Waals surface area contributed by atoms with Gasteiger partial charge in [0.25, 0.3) is 0 Å². The summed E-state index contributed by atoms with van der Waals surface area (Å²) in [7, 11) is 0. The lowest BCUT2D eigenvalue weighted by Crippen LogP contribution is -2.46. The Morgan fingerprint density at radius 2 is 1.94 bits per heavy atom. The Morgan fingerprint density at radius 1 is 1.24 bits per heavy atom. The average molecular weight is 238 g/mol. The van der Waals surface area contributed by atoms with E-state index in [0.717, 1.165) is 25.4 Å². The Kier molecular flexibility index (Phi) is 4.43. The van der Waals surface area contributed by atoms with Crippen LogP contribution in [0.25, 0.3) is 0 Å². The van der Waals surface area contributed by atoms with Crippen molar-refractivity contribution in [2.45, 2.75) is 57.8 Å². The Labute approximate surface area is 105 Å². The molecule has 0 atom stereocenters. The van der Waals surface area contributed by atoms with Crippen LogP contribution in [0.3, 0.4) is 0 Å². The van der Waals surface area contributed by atoms with E-state index in [1.165, 1.54) is 44.9 Å². The highest BCUT2D eigenvalue weighted by atomic mass is 16.1. The quantitative estimate of drug-likeness (QED) is 0.745. The molecule has 0 aliphatic heterocycles. The van der Waals surface area contributed by atoms with Crippen LogP contribution in [0.1, 0.15) is 57.8 Å². The third kappa shape index (κ3) is 3.44. The van der Waals surface area contributed by atoms with Gasteiger partial charge >= 0.3 is 0 Å². The first-order chi connectivity index (χ1) is 8.24. The van der Waals surface area contributed by atoms with Gasteiger partial charge in [0.1, 0.15) is 0 Å². The summed E-state index contributed by atoms with van der Waals surface area (Å²) in [5.41, 5.74) is 6.02. The van der Waals surface area contributed by atoms with E-state index in [-0.39, 0.29) is 11.3 Å². The van der Waals surface area contributed by atoms with E-state index < -0.39 is 0 Å². The number of carbonyl (C=O) groups is 1. The van der Waals surface area contributed by atoms with Crippen LogP contribution in [-0.2, 0) is 4.79 Å². The summed E-state index contributed by atoms with van der Waals surface area (Å²) in [4.78, 5) is 11.8. The first-order valence-electron chi connectivity index (χ1n) is 7.21. The van der Waals surface area contributed by atoms with Gasteiger partial charge in [0.15, 0.2) is 0 Å². The maximum absolute atomic E-state index is 11.8. The zero-order valence-corrected chi connectivity index (χ0v) is 10.8. The van der Waals surface area contributed by atoms with Gasteiger partial charge in [0.05, 0.1) is 0 Å². The largest absolute Gasteiger partial charge is 0.355 e. The lowest BCUT2D eigenvalue weighted by molar-refractivity contribution is -0.122. The number of amides is 1. The lowest BCUT2D eigenvalue weighted by atomic mass is 9.69. The normalized spacial score (nSPS) is 23.4. The molecular weight excluding hydrogens is 212 g/mol. The number of hydrogen-bond donors (Lipinski definition) is 2. The maximum atomic E-state index is 11.8. The van der Waals surface area contributed by atoms with Gasteiger partial charge in [-0.2, -0.15) is 0 Å². The smallest absolute Gasteiger partial charge is 0.220 e. The summed E-state index contributed by atoms with van der Waals surface area (Å²) in [5.74, 6) is 1.05. The van der Waals surface area contributed by atoms with Gasteiger partial charge in [-0.15, -0.1) is 0 Å². The van der Waals surface area contributed by atoms with Crippen molar-refractivity contribution in [2.24, 2.45) is 17.1 Å². The molecule has 0 saturated heterocycles. The third-order valence-electron chi connectivity index (χ3n) is 4.76. The predicted molar refractivity (Wildman–Crippen MR) is 69.5 cm³/mol. The molecule has 17 heavy (non-hydrogen) atoms. The van der Waals surface area contributed by atoms with Crippen LogP contribution in [0.4, 0.5) is 0 Å². The second kappa shape index (κ2) is 5.85. The molecule has 0 aromatic carbocycles. The van der Waals surface area contributed by atoms with E-state index in [4.69, 9.17) is 5.73 Å². The van der Waals surface area contributed by atoms with E-state index in [1.54, 1.807) is 0 Å². The second-order valence-corrected chi connectivity index (χ2v) is 6.02. The molecule has 2 saturated carbocycles. The van der Waals surface area contributed by atoms with Gasteiger partial charge in [-0.3, -0.25) is 4.79 Å². The molecule has 3 heteroatoms. The molecule has 0 radical (unpaired) electrons. The van der Waals surface area contributed by atoms with Crippen molar-refractivity contribution in [3.8, 4) is 0 Å². The fourth-order valence-electron chi connectivity index (χ4n) is 3.14. The number of hydrogen-bond acceptors (Lipinski definition) is 2. The number of carbonyl (C=O) groups excluding carboxylic acids is 1. The van der Waals surface area contributed by atoms with Gasteiger partial charge in [-0.25, -0.2) is 0 Å². The van der Waals surface area contributed by atoms with E-state index >= 15 is 0 Å². The van der Waals surface area contributed by atoms with Crippen LogP contribution in [-0.4, -0.2) is 19.0 Å². The molecule has 0 unspecified atom stereocenters. The average Bonchev–Trinajstić information content (AvgIpc) is 2.78. The highest BCUT2D eigenvalue weighted by Gasteiger charge is 2.35. The summed E-state index contributed by atoms with van der Waals surface area (Å²) in [6.07, 6.45) is 10.8. The van der Waals surface area contributed by atoms with Crippen molar-refractivity contribution in [1.29, 1.82) is 0 Å². The number of nitrogens with two attached hydrogens (primary N) is 1. The van der Waals surface area contributed by atoms with Crippen molar-refractivity contribution in [2.75, 3.05) is 13.1 Å². The zero-order valence-electron chi connectivity index (χ0n) is 10.8. The molecule has 0 aromatic rings. The van der Waals surface area contributed by atoms with E-state index in [1.807, 2.05) is 0 Å². The monoisotopic (exact) mass is 238 g/mol. The standard InChI is InChI=1S/C14H26N2O/c15-10-14(8-3-9-14)11-16-13(17)7-6-12-4-1-2-5-12/h12H,1-11,15H2,(H,16,17). The lowest BCUT2D eigenvalue weighted by Gasteiger charge is -2.41. The Morgan fingerprint density at radius 3 is 2.47 bits per heavy atom. The molecule has 0 bridgehead atoms. The van der Waals surface area contributed by atoms with Crippen molar-refractivity contribution >= 4 is 5.91 Å². The van der Waals surface area contributed by atoms with Crippen LogP contribution >= 0.6 is 0 Å². The van der Waals surface area contributed by atoms with Crippen molar-refractivity contribution in [1.82, 2.24) is 5.32 Å². The fourth-order valence-corrected chi connectivity index (χ4v) is 3.14. The first-order valence-corrected chi connectivity index (χ1v) is 7.21. The summed E-state index contributed by atoms with van der Waals surface area (Å²) in [6, 6.07) is 0.